The zero-order valence-electron chi connectivity index (χ0n) is 17.3. The highest BCUT2D eigenvalue weighted by atomic mass is 32.2. The molecule has 2 aliphatic heterocycles. The van der Waals surface area contributed by atoms with Gasteiger partial charge in [0.2, 0.25) is 5.91 Å². The summed E-state index contributed by atoms with van der Waals surface area (Å²) in [6.07, 6.45) is 0.400. The van der Waals surface area contributed by atoms with E-state index in [1.807, 2.05) is 0 Å². The number of carbonyl (C=O) groups is 2. The first-order valence-corrected chi connectivity index (χ1v) is 12.4. The highest BCUT2D eigenvalue weighted by Crippen LogP contribution is 2.47. The number of amides is 1. The molecule has 11 nitrogen and oxygen atoms in total. The van der Waals surface area contributed by atoms with Gasteiger partial charge in [-0.3, -0.25) is 19.1 Å². The van der Waals surface area contributed by atoms with Gasteiger partial charge in [-0.15, -0.1) is 11.8 Å². The maximum absolute atomic E-state index is 12.8. The molecule has 0 aromatic heterocycles. The van der Waals surface area contributed by atoms with E-state index in [9.17, 15) is 33.2 Å². The van der Waals surface area contributed by atoms with Gasteiger partial charge in [-0.05, 0) is 24.6 Å². The lowest BCUT2D eigenvalue weighted by Gasteiger charge is -2.44. The number of fused-ring (bicyclic) bond motifs is 1. The number of aliphatic hydroxyl groups is 1. The highest BCUT2D eigenvalue weighted by molar-refractivity contribution is 8.03. The molecule has 3 rings (SSSR count). The molecule has 3 atom stereocenters. The van der Waals surface area contributed by atoms with Crippen molar-refractivity contribution >= 4 is 39.4 Å². The Hall–Kier alpha value is -2.48. The number of rotatable bonds is 10. The van der Waals surface area contributed by atoms with Gasteiger partial charge in [-0.1, -0.05) is 0 Å². The van der Waals surface area contributed by atoms with Crippen molar-refractivity contribution in [2.75, 3.05) is 18.6 Å². The second-order valence-corrected chi connectivity index (χ2v) is 10.2. The van der Waals surface area contributed by atoms with Gasteiger partial charge in [0.15, 0.2) is 0 Å². The quantitative estimate of drug-likeness (QED) is 0.127. The Balaban J connectivity index is 1.71. The van der Waals surface area contributed by atoms with Crippen molar-refractivity contribution in [2.24, 2.45) is 5.92 Å². The SMILES string of the molecule is CC(O)[C@@H]1C(=O)N2C(C(=O)OCc3ccc([N+](=O)[O-])cc3)=C(SCCOS(C)(=O)=O)CC12. The van der Waals surface area contributed by atoms with Crippen LogP contribution in [0.3, 0.4) is 0 Å². The van der Waals surface area contributed by atoms with Crippen LogP contribution in [-0.2, 0) is 35.2 Å². The van der Waals surface area contributed by atoms with Crippen LogP contribution >= 0.6 is 11.8 Å². The van der Waals surface area contributed by atoms with E-state index in [2.05, 4.69) is 0 Å². The number of nitro groups is 1. The van der Waals surface area contributed by atoms with Crippen LogP contribution < -0.4 is 0 Å². The van der Waals surface area contributed by atoms with Crippen molar-refractivity contribution in [3.63, 3.8) is 0 Å². The van der Waals surface area contributed by atoms with Crippen LogP contribution in [0.25, 0.3) is 0 Å². The number of benzene rings is 1. The Morgan fingerprint density at radius 1 is 1.38 bits per heavy atom. The second kappa shape index (κ2) is 9.57. The van der Waals surface area contributed by atoms with Crippen LogP contribution in [0.1, 0.15) is 18.9 Å². The summed E-state index contributed by atoms with van der Waals surface area (Å²) in [5.41, 5.74) is 0.515. The minimum absolute atomic E-state index is 0.0724. The van der Waals surface area contributed by atoms with Crippen LogP contribution in [0.4, 0.5) is 5.69 Å². The number of thioether (sulfide) groups is 1. The van der Waals surface area contributed by atoms with Crippen molar-refractivity contribution in [3.05, 3.63) is 50.5 Å². The minimum atomic E-state index is -3.60. The molecule has 1 saturated heterocycles. The summed E-state index contributed by atoms with van der Waals surface area (Å²) in [6.45, 7) is 1.26. The molecule has 2 unspecified atom stereocenters. The highest BCUT2D eigenvalue weighted by Gasteiger charge is 2.57. The van der Waals surface area contributed by atoms with Crippen LogP contribution in [0.2, 0.25) is 0 Å². The molecule has 1 amide bonds. The van der Waals surface area contributed by atoms with E-state index in [0.29, 0.717) is 16.9 Å². The Bertz CT molecular complexity index is 1050. The smallest absolute Gasteiger partial charge is 0.356 e. The molecule has 1 aromatic rings. The van der Waals surface area contributed by atoms with Gasteiger partial charge in [0.25, 0.3) is 15.8 Å². The number of hydrogen-bond acceptors (Lipinski definition) is 10. The number of nitrogens with zero attached hydrogens (tertiary/aromatic N) is 2. The number of esters is 1. The largest absolute Gasteiger partial charge is 0.456 e. The van der Waals surface area contributed by atoms with Crippen LogP contribution in [0.5, 0.6) is 0 Å². The topological polar surface area (TPSA) is 153 Å². The maximum atomic E-state index is 12.8. The maximum Gasteiger partial charge on any atom is 0.356 e. The summed E-state index contributed by atoms with van der Waals surface area (Å²) in [5.74, 6) is -1.52. The Morgan fingerprint density at radius 2 is 2.03 bits per heavy atom. The van der Waals surface area contributed by atoms with Gasteiger partial charge in [-0.25, -0.2) is 4.79 Å². The van der Waals surface area contributed by atoms with Crippen molar-refractivity contribution in [2.45, 2.75) is 32.1 Å². The molecule has 0 radical (unpaired) electrons. The van der Waals surface area contributed by atoms with Crippen LogP contribution in [-0.4, -0.2) is 66.0 Å². The van der Waals surface area contributed by atoms with Gasteiger partial charge in [0, 0.05) is 29.2 Å². The molecule has 1 N–H and O–H groups in total. The molecule has 0 spiro atoms. The van der Waals surface area contributed by atoms with Gasteiger partial charge < -0.3 is 14.7 Å². The Kier molecular flexibility index (Phi) is 7.22. The van der Waals surface area contributed by atoms with Crippen molar-refractivity contribution in [1.29, 1.82) is 0 Å². The van der Waals surface area contributed by atoms with E-state index < -0.39 is 33.0 Å². The minimum Gasteiger partial charge on any atom is -0.456 e. The number of non-ortho nitro benzene ring substituents is 1. The number of hydrogen-bond donors (Lipinski definition) is 1. The van der Waals surface area contributed by atoms with Gasteiger partial charge in [-0.2, -0.15) is 8.42 Å². The lowest BCUT2D eigenvalue weighted by Crippen LogP contribution is -2.61. The monoisotopic (exact) mass is 486 g/mol. The molecule has 0 bridgehead atoms. The standard InChI is InChI=1S/C19H22N2O9S2/c1-11(22)16-14-9-15(31-8-7-30-32(2,27)28)17(20(14)18(16)23)19(24)29-10-12-3-5-13(6-4-12)21(25)26/h3-6,11,14,16,22H,7-10H2,1-2H3/t11?,14?,16-/m0/s1. The van der Waals surface area contributed by atoms with E-state index >= 15 is 0 Å². The summed E-state index contributed by atoms with van der Waals surface area (Å²) in [6, 6.07) is 5.15. The van der Waals surface area contributed by atoms with Gasteiger partial charge >= 0.3 is 5.97 Å². The van der Waals surface area contributed by atoms with Crippen molar-refractivity contribution < 1.29 is 37.0 Å². The first-order valence-electron chi connectivity index (χ1n) is 9.61. The average molecular weight is 487 g/mol. The molecule has 1 fully saturated rings. The molecule has 13 heteroatoms. The summed E-state index contributed by atoms with van der Waals surface area (Å²) in [7, 11) is -3.60. The molecular weight excluding hydrogens is 464 g/mol. The first kappa shape index (κ1) is 24.2. The molecule has 174 valence electrons. The van der Waals surface area contributed by atoms with Crippen LogP contribution in [0, 0.1) is 16.0 Å². The lowest BCUT2D eigenvalue weighted by atomic mass is 9.83. The van der Waals surface area contributed by atoms with Gasteiger partial charge in [0.1, 0.15) is 12.3 Å². The predicted molar refractivity (Wildman–Crippen MR) is 114 cm³/mol. The normalized spacial score (nSPS) is 21.2. The Morgan fingerprint density at radius 3 is 2.59 bits per heavy atom. The Labute approximate surface area is 188 Å². The summed E-state index contributed by atoms with van der Waals surface area (Å²) < 4.78 is 32.3. The van der Waals surface area contributed by atoms with E-state index in [-0.39, 0.29) is 42.3 Å². The zero-order valence-corrected chi connectivity index (χ0v) is 18.9. The summed E-state index contributed by atoms with van der Waals surface area (Å²) in [5, 5.41) is 20.6. The number of β-lactam (4-membered cyclic amide) rings is 1. The zero-order chi connectivity index (χ0) is 23.6. The van der Waals surface area contributed by atoms with E-state index in [1.54, 1.807) is 0 Å². The van der Waals surface area contributed by atoms with E-state index in [0.717, 1.165) is 6.26 Å². The molecule has 32 heavy (non-hydrogen) atoms. The number of aliphatic hydroxyl groups excluding tert-OH is 1. The fraction of sp³-hybridized carbons (Fsp3) is 0.474. The van der Waals surface area contributed by atoms with Crippen molar-refractivity contribution in [3.8, 4) is 0 Å². The number of ether oxygens (including phenoxy) is 1. The lowest BCUT2D eigenvalue weighted by molar-refractivity contribution is -0.384. The average Bonchev–Trinajstić information content (AvgIpc) is 3.02. The summed E-state index contributed by atoms with van der Waals surface area (Å²) in [4.78, 5) is 37.4. The molecular formula is C19H22N2O9S2. The predicted octanol–water partition coefficient (Wildman–Crippen LogP) is 1.17. The van der Waals surface area contributed by atoms with Gasteiger partial charge in [0.05, 0.1) is 35.8 Å². The third-order valence-corrected chi connectivity index (χ3v) is 6.73. The fourth-order valence-corrected chi connectivity index (χ4v) is 5.14. The third kappa shape index (κ3) is 5.28. The first-order chi connectivity index (χ1) is 15.0. The van der Waals surface area contributed by atoms with Crippen LogP contribution in [0.15, 0.2) is 34.9 Å². The molecule has 0 aliphatic carbocycles. The van der Waals surface area contributed by atoms with Crippen molar-refractivity contribution in [1.82, 2.24) is 4.90 Å². The fourth-order valence-electron chi connectivity index (χ4n) is 3.63. The van der Waals surface area contributed by atoms with E-state index in [1.165, 1.54) is 47.9 Å². The third-order valence-electron chi connectivity index (χ3n) is 5.06. The number of nitro benzene ring substituents is 1. The molecule has 1 aromatic carbocycles. The molecule has 2 aliphatic rings. The molecule has 2 heterocycles. The second-order valence-electron chi connectivity index (χ2n) is 7.39. The molecule has 0 saturated carbocycles. The number of carbonyl (C=O) groups excluding carboxylic acids is 2. The summed E-state index contributed by atoms with van der Waals surface area (Å²) >= 11 is 1.19. The van der Waals surface area contributed by atoms with E-state index in [4.69, 9.17) is 8.92 Å².